The molecule has 1 unspecified atom stereocenters. The van der Waals surface area contributed by atoms with E-state index < -0.39 is 96.2 Å². The first-order chi connectivity index (χ1) is 25.5. The van der Waals surface area contributed by atoms with E-state index in [2.05, 4.69) is 25.9 Å². The molecule has 1 aliphatic rings. The second-order valence-electron chi connectivity index (χ2n) is 13.7. The molecule has 0 saturated carbocycles. The van der Waals surface area contributed by atoms with Crippen molar-refractivity contribution in [1.29, 1.82) is 0 Å². The topological polar surface area (TPSA) is 229 Å². The summed E-state index contributed by atoms with van der Waals surface area (Å²) in [5.74, 6) is -11.5. The second-order valence-corrected chi connectivity index (χ2v) is 13.7. The fourth-order valence-corrected chi connectivity index (χ4v) is 5.75. The lowest BCUT2D eigenvalue weighted by molar-refractivity contribution is -0.169. The molecule has 18 heteroatoms. The number of nitrogens with one attached hydrogen (secondary N) is 4. The van der Waals surface area contributed by atoms with Gasteiger partial charge in [0.15, 0.2) is 0 Å². The third kappa shape index (κ3) is 11.7. The highest BCUT2D eigenvalue weighted by Gasteiger charge is 2.51. The number of aliphatic hydroxyl groups is 2. The summed E-state index contributed by atoms with van der Waals surface area (Å²) in [4.78, 5) is 87.0. The van der Waals surface area contributed by atoms with Crippen LogP contribution in [0.2, 0.25) is 0 Å². The Hall–Kier alpha value is -5.10. The fraction of sp³-hybridized carbons (Fsp3) is 0.556. The van der Waals surface area contributed by atoms with Gasteiger partial charge in [-0.2, -0.15) is 8.78 Å². The summed E-state index contributed by atoms with van der Waals surface area (Å²) < 4.78 is 35.5. The number of hydrogen-bond acceptors (Lipinski definition) is 11. The largest absolute Gasteiger partial charge is 0.460 e. The zero-order chi connectivity index (χ0) is 40.2. The van der Waals surface area contributed by atoms with E-state index in [1.165, 1.54) is 18.6 Å². The standard InChI is InChI=1S/C36H49F2N7O9/c1-6-10-24(30(48)36(37,38)35(53)41-17-27(47)54-19-22-11-8-7-9-12-22)42-32(50)26-15-23(46)18-45(26)34(52)29(21(4)5)44-33(51)28(20(2)3)43-31(49)25-16-39-13-14-40-25/h7-9,11-14,16,20-21,23-24,26,28-30,46,48H,6,10,15,17-19H2,1-5H3,(H,41,53)(H,42,50)(H,43,49)(H,44,51)/t23-,24+,26+,28+,29+,30?/m1/s1. The summed E-state index contributed by atoms with van der Waals surface area (Å²) in [6.45, 7) is 6.84. The molecule has 0 aliphatic carbocycles. The van der Waals surface area contributed by atoms with Crippen LogP contribution in [0, 0.1) is 11.8 Å². The van der Waals surface area contributed by atoms with Crippen molar-refractivity contribution in [2.24, 2.45) is 11.8 Å². The van der Waals surface area contributed by atoms with E-state index in [4.69, 9.17) is 4.74 Å². The van der Waals surface area contributed by atoms with E-state index in [0.29, 0.717) is 5.56 Å². The average Bonchev–Trinajstić information content (AvgIpc) is 3.55. The summed E-state index contributed by atoms with van der Waals surface area (Å²) in [6, 6.07) is 3.10. The van der Waals surface area contributed by atoms with Crippen molar-refractivity contribution >= 4 is 35.5 Å². The van der Waals surface area contributed by atoms with Crippen LogP contribution in [0.5, 0.6) is 0 Å². The first kappa shape index (κ1) is 43.3. The number of halogens is 2. The average molecular weight is 762 g/mol. The minimum absolute atomic E-state index is 0.0311. The maximum Gasteiger partial charge on any atom is 0.351 e. The Balaban J connectivity index is 1.68. The Bertz CT molecular complexity index is 1600. The van der Waals surface area contributed by atoms with Gasteiger partial charge in [-0.1, -0.05) is 71.4 Å². The van der Waals surface area contributed by atoms with Crippen molar-refractivity contribution in [3.63, 3.8) is 0 Å². The van der Waals surface area contributed by atoms with Gasteiger partial charge in [-0.3, -0.25) is 33.8 Å². The summed E-state index contributed by atoms with van der Waals surface area (Å²) in [5.41, 5.74) is 0.604. The molecule has 1 aromatic heterocycles. The van der Waals surface area contributed by atoms with E-state index in [1.54, 1.807) is 70.3 Å². The van der Waals surface area contributed by atoms with Crippen molar-refractivity contribution < 1.29 is 52.5 Å². The summed E-state index contributed by atoms with van der Waals surface area (Å²) >= 11 is 0. The fourth-order valence-electron chi connectivity index (χ4n) is 5.75. The number of esters is 1. The predicted octanol–water partition coefficient (Wildman–Crippen LogP) is 0.474. The first-order valence-corrected chi connectivity index (χ1v) is 17.7. The molecule has 296 valence electrons. The second kappa shape index (κ2) is 19.8. The Morgan fingerprint density at radius 3 is 2.24 bits per heavy atom. The van der Waals surface area contributed by atoms with E-state index in [9.17, 15) is 39.0 Å². The van der Waals surface area contributed by atoms with Crippen LogP contribution < -0.4 is 21.3 Å². The van der Waals surface area contributed by atoms with Gasteiger partial charge < -0.3 is 41.1 Å². The highest BCUT2D eigenvalue weighted by atomic mass is 19.3. The van der Waals surface area contributed by atoms with Gasteiger partial charge in [0.2, 0.25) is 17.7 Å². The van der Waals surface area contributed by atoms with E-state index in [0.717, 1.165) is 4.90 Å². The summed E-state index contributed by atoms with van der Waals surface area (Å²) in [6.07, 6.45) is -0.323. The Labute approximate surface area is 311 Å². The maximum absolute atomic E-state index is 15.3. The number of β-amino-alcohol motifs (C(OH)–C–C–N with tert-alkyl or cyclic N) is 1. The van der Waals surface area contributed by atoms with E-state index in [1.807, 2.05) is 0 Å². The molecule has 5 amide bonds. The van der Waals surface area contributed by atoms with Gasteiger partial charge in [0.1, 0.15) is 43.1 Å². The molecule has 0 bridgehead atoms. The normalized spacial score (nSPS) is 17.9. The number of likely N-dealkylation sites (tertiary alicyclic amines) is 1. The zero-order valence-corrected chi connectivity index (χ0v) is 30.8. The molecule has 0 radical (unpaired) electrons. The molecule has 1 aromatic carbocycles. The maximum atomic E-state index is 15.3. The third-order valence-electron chi connectivity index (χ3n) is 8.75. The number of ether oxygens (including phenoxy) is 1. The van der Waals surface area contributed by atoms with Crippen molar-refractivity contribution in [2.45, 2.75) is 103 Å². The molecule has 3 rings (SSSR count). The minimum Gasteiger partial charge on any atom is -0.460 e. The Morgan fingerprint density at radius 2 is 1.65 bits per heavy atom. The number of amides is 5. The van der Waals surface area contributed by atoms with Gasteiger partial charge in [0.25, 0.3) is 11.8 Å². The minimum atomic E-state index is -4.47. The van der Waals surface area contributed by atoms with Gasteiger partial charge in [0, 0.05) is 25.4 Å². The number of aromatic nitrogens is 2. The van der Waals surface area contributed by atoms with Gasteiger partial charge >= 0.3 is 11.9 Å². The monoisotopic (exact) mass is 761 g/mol. The molecule has 54 heavy (non-hydrogen) atoms. The van der Waals surface area contributed by atoms with Gasteiger partial charge in [0.05, 0.1) is 18.3 Å². The predicted molar refractivity (Wildman–Crippen MR) is 188 cm³/mol. The number of hydrogen-bond donors (Lipinski definition) is 6. The molecule has 6 atom stereocenters. The van der Waals surface area contributed by atoms with E-state index in [-0.39, 0.29) is 38.1 Å². The molecule has 1 fully saturated rings. The highest BCUT2D eigenvalue weighted by molar-refractivity contribution is 5.98. The molecular weight excluding hydrogens is 712 g/mol. The summed E-state index contributed by atoms with van der Waals surface area (Å²) in [5, 5.41) is 30.5. The van der Waals surface area contributed by atoms with Crippen LogP contribution in [0.4, 0.5) is 8.78 Å². The molecule has 1 saturated heterocycles. The van der Waals surface area contributed by atoms with Crippen LogP contribution in [-0.4, -0.2) is 116 Å². The van der Waals surface area contributed by atoms with Crippen LogP contribution in [0.1, 0.15) is 69.9 Å². The van der Waals surface area contributed by atoms with Crippen LogP contribution in [0.25, 0.3) is 0 Å². The number of benzene rings is 1. The van der Waals surface area contributed by atoms with E-state index >= 15 is 8.78 Å². The van der Waals surface area contributed by atoms with Gasteiger partial charge in [-0.05, 0) is 23.8 Å². The van der Waals surface area contributed by atoms with Gasteiger partial charge in [-0.15, -0.1) is 0 Å². The number of carbonyl (C=O) groups is 6. The Kier molecular flexibility index (Phi) is 15.9. The SMILES string of the molecule is CCC[C@H](NC(=O)[C@@H]1C[C@@H](O)CN1C(=O)[C@@H](NC(=O)[C@@H](NC(=O)c1cnccn1)C(C)C)C(C)C)C(O)C(F)(F)C(=O)NCC(=O)OCc1ccccc1. The lowest BCUT2D eigenvalue weighted by Gasteiger charge is -2.33. The first-order valence-electron chi connectivity index (χ1n) is 17.7. The van der Waals surface area contributed by atoms with Crippen LogP contribution in [0.15, 0.2) is 48.9 Å². The highest BCUT2D eigenvalue weighted by Crippen LogP contribution is 2.26. The summed E-state index contributed by atoms with van der Waals surface area (Å²) in [7, 11) is 0. The molecule has 6 N–H and O–H groups in total. The Morgan fingerprint density at radius 1 is 0.981 bits per heavy atom. The van der Waals surface area contributed by atoms with Crippen molar-refractivity contribution in [1.82, 2.24) is 36.1 Å². The zero-order valence-electron chi connectivity index (χ0n) is 30.8. The number of nitrogens with zero attached hydrogens (tertiary/aromatic N) is 3. The molecule has 2 aromatic rings. The molecule has 1 aliphatic heterocycles. The smallest absolute Gasteiger partial charge is 0.351 e. The molecule has 0 spiro atoms. The van der Waals surface area contributed by atoms with Crippen molar-refractivity contribution in [3.05, 3.63) is 60.2 Å². The number of alkyl halides is 2. The number of carbonyl (C=O) groups excluding carboxylic acids is 6. The van der Waals surface area contributed by atoms with Crippen molar-refractivity contribution in [2.75, 3.05) is 13.1 Å². The van der Waals surface area contributed by atoms with Crippen LogP contribution >= 0.6 is 0 Å². The molecular formula is C36H49F2N7O9. The van der Waals surface area contributed by atoms with Crippen LogP contribution in [-0.2, 0) is 35.3 Å². The number of rotatable bonds is 18. The number of aliphatic hydroxyl groups excluding tert-OH is 2. The molecule has 2 heterocycles. The lowest BCUT2D eigenvalue weighted by Crippen LogP contribution is -2.61. The van der Waals surface area contributed by atoms with Crippen LogP contribution in [0.3, 0.4) is 0 Å². The third-order valence-corrected chi connectivity index (χ3v) is 8.75. The van der Waals surface area contributed by atoms with Crippen molar-refractivity contribution in [3.8, 4) is 0 Å². The quantitative estimate of drug-likeness (QED) is 0.115. The molecule has 16 nitrogen and oxygen atoms in total. The van der Waals surface area contributed by atoms with Gasteiger partial charge in [-0.25, -0.2) is 4.98 Å². The lowest BCUT2D eigenvalue weighted by atomic mass is 9.98.